The zero-order valence-corrected chi connectivity index (χ0v) is 9.51. The quantitative estimate of drug-likeness (QED) is 0.600. The summed E-state index contributed by atoms with van der Waals surface area (Å²) in [7, 11) is 0. The van der Waals surface area contributed by atoms with Crippen molar-refractivity contribution in [3.63, 3.8) is 0 Å². The van der Waals surface area contributed by atoms with E-state index in [0.717, 1.165) is 0 Å². The van der Waals surface area contributed by atoms with Crippen molar-refractivity contribution in [3.8, 4) is 0 Å². The lowest BCUT2D eigenvalue weighted by atomic mass is 10.2. The molecule has 0 aliphatic rings. The van der Waals surface area contributed by atoms with Gasteiger partial charge in [0.2, 0.25) is 0 Å². The normalized spacial score (nSPS) is 11.0. The Bertz CT molecular complexity index is 427. The topological polar surface area (TPSA) is 78.8 Å². The van der Waals surface area contributed by atoms with Gasteiger partial charge in [0.1, 0.15) is 0 Å². The van der Waals surface area contributed by atoms with Crippen LogP contribution in [0.3, 0.4) is 0 Å². The first-order chi connectivity index (χ1) is 8.09. The van der Waals surface area contributed by atoms with Gasteiger partial charge >= 0.3 is 5.97 Å². The van der Waals surface area contributed by atoms with Gasteiger partial charge in [0.25, 0.3) is 5.91 Å². The van der Waals surface area contributed by atoms with E-state index in [2.05, 4.69) is 10.5 Å². The lowest BCUT2D eigenvalue weighted by Gasteiger charge is -2.01. The summed E-state index contributed by atoms with van der Waals surface area (Å²) < 4.78 is 0. The summed E-state index contributed by atoms with van der Waals surface area (Å²) in [6.07, 6.45) is 0.334. The number of carbonyl (C=O) groups is 2. The summed E-state index contributed by atoms with van der Waals surface area (Å²) in [6, 6.07) is 8.69. The summed E-state index contributed by atoms with van der Waals surface area (Å²) in [5.74, 6) is -1.19. The lowest BCUT2D eigenvalue weighted by Crippen LogP contribution is -2.19. The molecular formula is C12H14N2O3. The Labute approximate surface area is 99.2 Å². The highest BCUT2D eigenvalue weighted by atomic mass is 16.4. The van der Waals surface area contributed by atoms with Gasteiger partial charge in [-0.3, -0.25) is 9.59 Å². The fourth-order valence-corrected chi connectivity index (χ4v) is 1.14. The maximum Gasteiger partial charge on any atom is 0.303 e. The minimum Gasteiger partial charge on any atom is -0.481 e. The number of rotatable bonds is 5. The molecule has 90 valence electrons. The summed E-state index contributed by atoms with van der Waals surface area (Å²) in [5.41, 5.74) is 3.47. The van der Waals surface area contributed by atoms with Crippen LogP contribution >= 0.6 is 0 Å². The van der Waals surface area contributed by atoms with E-state index in [1.54, 1.807) is 31.2 Å². The predicted molar refractivity (Wildman–Crippen MR) is 63.9 cm³/mol. The van der Waals surface area contributed by atoms with Gasteiger partial charge in [0.15, 0.2) is 0 Å². The van der Waals surface area contributed by atoms with Crippen LogP contribution in [0.2, 0.25) is 0 Å². The molecule has 0 saturated heterocycles. The van der Waals surface area contributed by atoms with Crippen LogP contribution < -0.4 is 5.43 Å². The van der Waals surface area contributed by atoms with E-state index in [1.165, 1.54) is 0 Å². The molecule has 2 N–H and O–H groups in total. The molecule has 0 aromatic heterocycles. The molecule has 1 aromatic rings. The second-order valence-corrected chi connectivity index (χ2v) is 3.55. The first kappa shape index (κ1) is 12.9. The molecule has 5 heteroatoms. The van der Waals surface area contributed by atoms with Crippen LogP contribution in [0.4, 0.5) is 0 Å². The van der Waals surface area contributed by atoms with Gasteiger partial charge in [-0.25, -0.2) is 5.43 Å². The molecule has 5 nitrogen and oxygen atoms in total. The van der Waals surface area contributed by atoms with Crippen molar-refractivity contribution in [2.45, 2.75) is 19.8 Å². The van der Waals surface area contributed by atoms with E-state index >= 15 is 0 Å². The number of amides is 1. The van der Waals surface area contributed by atoms with Crippen molar-refractivity contribution in [1.82, 2.24) is 5.43 Å². The molecule has 0 saturated carbocycles. The van der Waals surface area contributed by atoms with Crippen molar-refractivity contribution < 1.29 is 14.7 Å². The number of carbonyl (C=O) groups excluding carboxylic acids is 1. The van der Waals surface area contributed by atoms with E-state index < -0.39 is 5.97 Å². The van der Waals surface area contributed by atoms with Crippen LogP contribution in [0, 0.1) is 0 Å². The van der Waals surface area contributed by atoms with E-state index in [-0.39, 0.29) is 12.3 Å². The largest absolute Gasteiger partial charge is 0.481 e. The molecule has 0 aliphatic carbocycles. The monoisotopic (exact) mass is 234 g/mol. The number of hydrazone groups is 1. The third kappa shape index (κ3) is 4.92. The summed E-state index contributed by atoms with van der Waals surface area (Å²) >= 11 is 0. The number of hydrogen-bond donors (Lipinski definition) is 2. The molecule has 0 unspecified atom stereocenters. The molecule has 0 aliphatic heterocycles. The highest BCUT2D eigenvalue weighted by molar-refractivity contribution is 5.95. The third-order valence-corrected chi connectivity index (χ3v) is 2.08. The highest BCUT2D eigenvalue weighted by Gasteiger charge is 2.03. The number of carboxylic acids is 1. The Morgan fingerprint density at radius 1 is 1.24 bits per heavy atom. The molecule has 0 heterocycles. The Kier molecular flexibility index (Phi) is 4.87. The van der Waals surface area contributed by atoms with Crippen molar-refractivity contribution in [3.05, 3.63) is 35.9 Å². The maximum absolute atomic E-state index is 11.6. The van der Waals surface area contributed by atoms with Gasteiger partial charge < -0.3 is 5.11 Å². The van der Waals surface area contributed by atoms with Crippen molar-refractivity contribution in [2.75, 3.05) is 0 Å². The molecule has 0 bridgehead atoms. The van der Waals surface area contributed by atoms with E-state index in [9.17, 15) is 9.59 Å². The standard InChI is InChI=1S/C12H14N2O3/c1-9(7-8-11(15)16)13-14-12(17)10-5-3-2-4-6-10/h2-6H,7-8H2,1H3,(H,14,17)(H,15,16)/b13-9+. The molecular weight excluding hydrogens is 220 g/mol. The fourth-order valence-electron chi connectivity index (χ4n) is 1.14. The van der Waals surface area contributed by atoms with Gasteiger partial charge in [-0.05, 0) is 25.5 Å². The van der Waals surface area contributed by atoms with Gasteiger partial charge in [-0.15, -0.1) is 0 Å². The van der Waals surface area contributed by atoms with Gasteiger partial charge in [0, 0.05) is 11.3 Å². The minimum absolute atomic E-state index is 0.0105. The molecule has 0 radical (unpaired) electrons. The Hall–Kier alpha value is -2.17. The summed E-state index contributed by atoms with van der Waals surface area (Å²) in [4.78, 5) is 21.9. The summed E-state index contributed by atoms with van der Waals surface area (Å²) in [5, 5.41) is 12.3. The number of hydrogen-bond acceptors (Lipinski definition) is 3. The molecule has 0 atom stereocenters. The number of nitrogens with zero attached hydrogens (tertiary/aromatic N) is 1. The number of carboxylic acid groups (broad SMARTS) is 1. The van der Waals surface area contributed by atoms with Crippen LogP contribution in [-0.4, -0.2) is 22.7 Å². The first-order valence-electron chi connectivity index (χ1n) is 5.20. The second kappa shape index (κ2) is 6.42. The SMILES string of the molecule is C/C(CCC(=O)O)=N\NC(=O)c1ccccc1. The Balaban J connectivity index is 2.47. The van der Waals surface area contributed by atoms with E-state index in [1.807, 2.05) is 6.07 Å². The zero-order chi connectivity index (χ0) is 12.7. The van der Waals surface area contributed by atoms with Crippen LogP contribution in [0.1, 0.15) is 30.1 Å². The minimum atomic E-state index is -0.881. The molecule has 1 rings (SSSR count). The van der Waals surface area contributed by atoms with Crippen molar-refractivity contribution in [1.29, 1.82) is 0 Å². The molecule has 1 amide bonds. The molecule has 1 aromatic carbocycles. The van der Waals surface area contributed by atoms with E-state index in [4.69, 9.17) is 5.11 Å². The molecule has 0 spiro atoms. The maximum atomic E-state index is 11.6. The smallest absolute Gasteiger partial charge is 0.303 e. The Morgan fingerprint density at radius 3 is 2.47 bits per heavy atom. The zero-order valence-electron chi connectivity index (χ0n) is 9.51. The lowest BCUT2D eigenvalue weighted by molar-refractivity contribution is -0.136. The first-order valence-corrected chi connectivity index (χ1v) is 5.20. The van der Waals surface area contributed by atoms with Crippen molar-refractivity contribution >= 4 is 17.6 Å². The Morgan fingerprint density at radius 2 is 1.88 bits per heavy atom. The number of benzene rings is 1. The second-order valence-electron chi connectivity index (χ2n) is 3.55. The molecule has 0 fully saturated rings. The average molecular weight is 234 g/mol. The molecule has 17 heavy (non-hydrogen) atoms. The van der Waals surface area contributed by atoms with Crippen LogP contribution in [0.25, 0.3) is 0 Å². The fraction of sp³-hybridized carbons (Fsp3) is 0.250. The van der Waals surface area contributed by atoms with Crippen LogP contribution in [0.15, 0.2) is 35.4 Å². The average Bonchev–Trinajstić information content (AvgIpc) is 2.34. The van der Waals surface area contributed by atoms with Gasteiger partial charge in [-0.2, -0.15) is 5.10 Å². The van der Waals surface area contributed by atoms with Crippen LogP contribution in [0.5, 0.6) is 0 Å². The van der Waals surface area contributed by atoms with Gasteiger partial charge in [0.05, 0.1) is 6.42 Å². The van der Waals surface area contributed by atoms with E-state index in [0.29, 0.717) is 17.7 Å². The third-order valence-electron chi connectivity index (χ3n) is 2.08. The predicted octanol–water partition coefficient (Wildman–Crippen LogP) is 1.66. The number of aliphatic carboxylic acids is 1. The van der Waals surface area contributed by atoms with Gasteiger partial charge in [-0.1, -0.05) is 18.2 Å². The van der Waals surface area contributed by atoms with Crippen molar-refractivity contribution in [2.24, 2.45) is 5.10 Å². The van der Waals surface area contributed by atoms with Crippen LogP contribution in [-0.2, 0) is 4.79 Å². The summed E-state index contributed by atoms with van der Waals surface area (Å²) in [6.45, 7) is 1.67. The number of nitrogens with one attached hydrogen (secondary N) is 1. The highest BCUT2D eigenvalue weighted by Crippen LogP contribution is 1.98.